The Morgan fingerprint density at radius 2 is 2.43 bits per heavy atom. The lowest BCUT2D eigenvalue weighted by atomic mass is 10.1. The van der Waals surface area contributed by atoms with Crippen molar-refractivity contribution in [2.75, 3.05) is 13.7 Å². The number of rotatable bonds is 4. The van der Waals surface area contributed by atoms with Crippen LogP contribution in [0.2, 0.25) is 0 Å². The molecule has 78 valence electrons. The number of pyridine rings is 1. The molecular weight excluding hydrogens is 248 g/mol. The molecule has 0 radical (unpaired) electrons. The van der Waals surface area contributed by atoms with E-state index in [2.05, 4.69) is 20.9 Å². The molecule has 5 heteroatoms. The van der Waals surface area contributed by atoms with Gasteiger partial charge < -0.3 is 15.6 Å². The molecule has 0 spiro atoms. The van der Waals surface area contributed by atoms with E-state index in [0.29, 0.717) is 28.9 Å². The number of aromatic nitrogens is 1. The van der Waals surface area contributed by atoms with Crippen molar-refractivity contribution >= 4 is 15.9 Å². The summed E-state index contributed by atoms with van der Waals surface area (Å²) in [4.78, 5) is 4.03. The molecule has 0 bridgehead atoms. The molecule has 0 saturated heterocycles. The van der Waals surface area contributed by atoms with Gasteiger partial charge in [-0.2, -0.15) is 0 Å². The number of hydrogen-bond donors (Lipinski definition) is 2. The van der Waals surface area contributed by atoms with E-state index in [1.165, 1.54) is 0 Å². The third-order valence-electron chi connectivity index (χ3n) is 1.89. The maximum Gasteiger partial charge on any atom is 0.128 e. The van der Waals surface area contributed by atoms with Gasteiger partial charge in [0, 0.05) is 6.20 Å². The first-order chi connectivity index (χ1) is 6.70. The van der Waals surface area contributed by atoms with E-state index in [-0.39, 0.29) is 0 Å². The molecule has 0 amide bonds. The highest BCUT2D eigenvalue weighted by Gasteiger charge is 2.16. The van der Waals surface area contributed by atoms with Crippen molar-refractivity contribution in [1.29, 1.82) is 0 Å². The number of aliphatic hydroxyl groups excluding tert-OH is 1. The van der Waals surface area contributed by atoms with Crippen LogP contribution in [-0.4, -0.2) is 23.7 Å². The lowest BCUT2D eigenvalue weighted by Crippen LogP contribution is -2.09. The van der Waals surface area contributed by atoms with Gasteiger partial charge in [0.1, 0.15) is 10.4 Å². The highest BCUT2D eigenvalue weighted by atomic mass is 79.9. The van der Waals surface area contributed by atoms with E-state index in [9.17, 15) is 5.11 Å². The largest absolute Gasteiger partial charge is 0.496 e. The maximum atomic E-state index is 9.78. The predicted octanol–water partition coefficient (Wildman–Crippen LogP) is 1.23. The predicted molar refractivity (Wildman–Crippen MR) is 57.1 cm³/mol. The number of methoxy groups -OCH3 is 1. The Kier molecular flexibility index (Phi) is 4.31. The summed E-state index contributed by atoms with van der Waals surface area (Å²) in [6, 6.07) is 1.71. The maximum absolute atomic E-state index is 9.78. The van der Waals surface area contributed by atoms with Crippen molar-refractivity contribution in [2.24, 2.45) is 5.73 Å². The van der Waals surface area contributed by atoms with Gasteiger partial charge in [-0.05, 0) is 35.0 Å². The quantitative estimate of drug-likeness (QED) is 0.800. The fourth-order valence-electron chi connectivity index (χ4n) is 1.21. The molecule has 3 N–H and O–H groups in total. The number of ether oxygens (including phenoxy) is 1. The molecule has 1 rings (SSSR count). The molecule has 4 nitrogen and oxygen atoms in total. The van der Waals surface area contributed by atoms with Gasteiger partial charge in [0.15, 0.2) is 0 Å². The topological polar surface area (TPSA) is 68.4 Å². The summed E-state index contributed by atoms with van der Waals surface area (Å²) >= 11 is 3.27. The Morgan fingerprint density at radius 3 is 3.00 bits per heavy atom. The Balaban J connectivity index is 3.03. The van der Waals surface area contributed by atoms with Crippen LogP contribution < -0.4 is 10.5 Å². The van der Waals surface area contributed by atoms with Crippen molar-refractivity contribution in [3.05, 3.63) is 22.4 Å². The molecule has 0 fully saturated rings. The third-order valence-corrected chi connectivity index (χ3v) is 2.53. The second kappa shape index (κ2) is 5.29. The molecular formula is C9H13BrN2O2. The average Bonchev–Trinajstić information content (AvgIpc) is 2.17. The van der Waals surface area contributed by atoms with Crippen LogP contribution >= 0.6 is 15.9 Å². The summed E-state index contributed by atoms with van der Waals surface area (Å²) in [5.41, 5.74) is 6.03. The minimum atomic E-state index is -0.641. The number of halogens is 1. The normalized spacial score (nSPS) is 12.6. The van der Waals surface area contributed by atoms with Crippen LogP contribution in [0.25, 0.3) is 0 Å². The monoisotopic (exact) mass is 260 g/mol. The SMILES string of the molecule is COc1ccnc(Br)c1C(O)CCN. The first-order valence-corrected chi connectivity index (χ1v) is 5.06. The zero-order valence-corrected chi connectivity index (χ0v) is 9.49. The van der Waals surface area contributed by atoms with Crippen molar-refractivity contribution in [1.82, 2.24) is 4.98 Å². The summed E-state index contributed by atoms with van der Waals surface area (Å²) < 4.78 is 5.72. The fourth-order valence-corrected chi connectivity index (χ4v) is 1.79. The highest BCUT2D eigenvalue weighted by molar-refractivity contribution is 9.10. The summed E-state index contributed by atoms with van der Waals surface area (Å²) in [5, 5.41) is 9.78. The average molecular weight is 261 g/mol. The van der Waals surface area contributed by atoms with Crippen molar-refractivity contribution in [3.63, 3.8) is 0 Å². The molecule has 0 aliphatic heterocycles. The second-order valence-corrected chi connectivity index (χ2v) is 3.56. The van der Waals surface area contributed by atoms with Crippen molar-refractivity contribution in [3.8, 4) is 5.75 Å². The van der Waals surface area contributed by atoms with E-state index in [1.54, 1.807) is 19.4 Å². The minimum absolute atomic E-state index is 0.422. The molecule has 1 atom stereocenters. The zero-order valence-electron chi connectivity index (χ0n) is 7.90. The number of nitrogens with zero attached hydrogens (tertiary/aromatic N) is 1. The third kappa shape index (κ3) is 2.43. The Bertz CT molecular complexity index is 307. The minimum Gasteiger partial charge on any atom is -0.496 e. The van der Waals surface area contributed by atoms with Gasteiger partial charge in [-0.25, -0.2) is 4.98 Å². The Morgan fingerprint density at radius 1 is 1.71 bits per heavy atom. The van der Waals surface area contributed by atoms with E-state index in [4.69, 9.17) is 10.5 Å². The van der Waals surface area contributed by atoms with Crippen LogP contribution in [0.3, 0.4) is 0 Å². The Labute approximate surface area is 91.2 Å². The molecule has 14 heavy (non-hydrogen) atoms. The molecule has 0 aromatic carbocycles. The van der Waals surface area contributed by atoms with E-state index in [0.717, 1.165) is 0 Å². The second-order valence-electron chi connectivity index (χ2n) is 2.81. The standard InChI is InChI=1S/C9H13BrN2O2/c1-14-7-3-5-12-9(10)8(7)6(13)2-4-11/h3,5-6,13H,2,4,11H2,1H3. The summed E-state index contributed by atoms with van der Waals surface area (Å²) in [6.45, 7) is 0.422. The van der Waals surface area contributed by atoms with Crippen LogP contribution in [0.5, 0.6) is 5.75 Å². The van der Waals surface area contributed by atoms with Gasteiger partial charge in [0.25, 0.3) is 0 Å². The van der Waals surface area contributed by atoms with Gasteiger partial charge in [0.2, 0.25) is 0 Å². The lowest BCUT2D eigenvalue weighted by molar-refractivity contribution is 0.164. The lowest BCUT2D eigenvalue weighted by Gasteiger charge is -2.14. The van der Waals surface area contributed by atoms with Gasteiger partial charge in [-0.1, -0.05) is 0 Å². The van der Waals surface area contributed by atoms with Gasteiger partial charge in [0.05, 0.1) is 18.8 Å². The molecule has 0 saturated carbocycles. The molecule has 1 unspecified atom stereocenters. The van der Waals surface area contributed by atoms with E-state index >= 15 is 0 Å². The summed E-state index contributed by atoms with van der Waals surface area (Å²) in [6.07, 6.45) is 1.46. The van der Waals surface area contributed by atoms with Crippen LogP contribution in [0.4, 0.5) is 0 Å². The molecule has 1 aromatic rings. The molecule has 0 aliphatic rings. The van der Waals surface area contributed by atoms with E-state index < -0.39 is 6.10 Å². The summed E-state index contributed by atoms with van der Waals surface area (Å²) in [5.74, 6) is 0.618. The van der Waals surface area contributed by atoms with Crippen LogP contribution in [0.15, 0.2) is 16.9 Å². The number of hydrogen-bond acceptors (Lipinski definition) is 4. The molecule has 1 aromatic heterocycles. The zero-order chi connectivity index (χ0) is 10.6. The van der Waals surface area contributed by atoms with Gasteiger partial charge >= 0.3 is 0 Å². The van der Waals surface area contributed by atoms with Crippen molar-refractivity contribution in [2.45, 2.75) is 12.5 Å². The number of nitrogens with two attached hydrogens (primary N) is 1. The first-order valence-electron chi connectivity index (χ1n) is 4.27. The fraction of sp³-hybridized carbons (Fsp3) is 0.444. The number of aliphatic hydroxyl groups is 1. The highest BCUT2D eigenvalue weighted by Crippen LogP contribution is 2.31. The first kappa shape index (κ1) is 11.4. The van der Waals surface area contributed by atoms with Crippen molar-refractivity contribution < 1.29 is 9.84 Å². The smallest absolute Gasteiger partial charge is 0.128 e. The van der Waals surface area contributed by atoms with Gasteiger partial charge in [-0.15, -0.1) is 0 Å². The Hall–Kier alpha value is -0.650. The van der Waals surface area contributed by atoms with Crippen LogP contribution in [-0.2, 0) is 0 Å². The molecule has 0 aliphatic carbocycles. The van der Waals surface area contributed by atoms with Gasteiger partial charge in [-0.3, -0.25) is 0 Å². The molecule has 1 heterocycles. The summed E-state index contributed by atoms with van der Waals surface area (Å²) in [7, 11) is 1.56. The van der Waals surface area contributed by atoms with E-state index in [1.807, 2.05) is 0 Å². The van der Waals surface area contributed by atoms with Crippen LogP contribution in [0, 0.1) is 0 Å². The van der Waals surface area contributed by atoms with Crippen LogP contribution in [0.1, 0.15) is 18.1 Å².